The van der Waals surface area contributed by atoms with E-state index in [2.05, 4.69) is 31.4 Å². The molecule has 0 bridgehead atoms. The monoisotopic (exact) mass is 282 g/mol. The summed E-state index contributed by atoms with van der Waals surface area (Å²) in [5.41, 5.74) is 3.53. The van der Waals surface area contributed by atoms with Gasteiger partial charge in [0.25, 0.3) is 5.91 Å². The average Bonchev–Trinajstić information content (AvgIpc) is 2.40. The minimum atomic E-state index is -0.0790. The van der Waals surface area contributed by atoms with Crippen molar-refractivity contribution in [1.82, 2.24) is 0 Å². The minimum Gasteiger partial charge on any atom is -0.380 e. The molecule has 110 valence electrons. The van der Waals surface area contributed by atoms with Crippen LogP contribution < -0.4 is 10.6 Å². The first-order valence-corrected chi connectivity index (χ1v) is 7.10. The summed E-state index contributed by atoms with van der Waals surface area (Å²) in [6.07, 6.45) is 0. The lowest BCUT2D eigenvalue weighted by molar-refractivity contribution is 0.102. The van der Waals surface area contributed by atoms with E-state index in [1.54, 1.807) is 0 Å². The van der Waals surface area contributed by atoms with Crippen LogP contribution in [-0.4, -0.2) is 11.4 Å². The van der Waals surface area contributed by atoms with Crippen LogP contribution in [0, 0.1) is 6.92 Å². The summed E-state index contributed by atoms with van der Waals surface area (Å²) in [5, 5.41) is 6.31. The smallest absolute Gasteiger partial charge is 0.255 e. The third kappa shape index (κ3) is 4.35. The molecule has 3 heteroatoms. The van der Waals surface area contributed by atoms with Crippen molar-refractivity contribution in [3.8, 4) is 0 Å². The highest BCUT2D eigenvalue weighted by atomic mass is 16.1. The van der Waals surface area contributed by atoms with E-state index >= 15 is 0 Å². The molecule has 0 radical (unpaired) electrons. The maximum absolute atomic E-state index is 12.2. The number of anilines is 2. The zero-order valence-corrected chi connectivity index (χ0v) is 13.0. The Labute approximate surface area is 126 Å². The summed E-state index contributed by atoms with van der Waals surface area (Å²) in [6.45, 7) is 8.27. The Hall–Kier alpha value is -2.29. The third-order valence-corrected chi connectivity index (χ3v) is 3.05. The van der Waals surface area contributed by atoms with E-state index in [0.29, 0.717) is 5.56 Å². The summed E-state index contributed by atoms with van der Waals surface area (Å²) in [6, 6.07) is 15.3. The van der Waals surface area contributed by atoms with Crippen molar-refractivity contribution in [2.24, 2.45) is 0 Å². The lowest BCUT2D eigenvalue weighted by Gasteiger charge is -2.22. The molecule has 0 spiro atoms. The van der Waals surface area contributed by atoms with E-state index in [0.717, 1.165) is 16.9 Å². The van der Waals surface area contributed by atoms with Crippen LogP contribution in [0.1, 0.15) is 36.7 Å². The maximum Gasteiger partial charge on any atom is 0.255 e. The van der Waals surface area contributed by atoms with E-state index in [4.69, 9.17) is 0 Å². The van der Waals surface area contributed by atoms with Crippen LogP contribution in [-0.2, 0) is 0 Å². The summed E-state index contributed by atoms with van der Waals surface area (Å²) in [4.78, 5) is 12.2. The lowest BCUT2D eigenvalue weighted by Crippen LogP contribution is -2.25. The number of hydrogen-bond acceptors (Lipinski definition) is 2. The summed E-state index contributed by atoms with van der Waals surface area (Å²) < 4.78 is 0. The van der Waals surface area contributed by atoms with Gasteiger partial charge in [0.15, 0.2) is 0 Å². The molecular formula is C18H22N2O. The van der Waals surface area contributed by atoms with Crippen molar-refractivity contribution in [1.29, 1.82) is 0 Å². The van der Waals surface area contributed by atoms with Crippen molar-refractivity contribution in [2.75, 3.05) is 10.6 Å². The van der Waals surface area contributed by atoms with Gasteiger partial charge in [-0.2, -0.15) is 0 Å². The van der Waals surface area contributed by atoms with Gasteiger partial charge in [0.05, 0.1) is 0 Å². The number of rotatable bonds is 3. The predicted octanol–water partition coefficient (Wildman–Crippen LogP) is 4.46. The van der Waals surface area contributed by atoms with Gasteiger partial charge < -0.3 is 10.6 Å². The van der Waals surface area contributed by atoms with E-state index in [1.807, 2.05) is 55.5 Å². The van der Waals surface area contributed by atoms with Crippen LogP contribution in [0.5, 0.6) is 0 Å². The first-order valence-electron chi connectivity index (χ1n) is 7.10. The summed E-state index contributed by atoms with van der Waals surface area (Å²) >= 11 is 0. The van der Waals surface area contributed by atoms with E-state index < -0.39 is 0 Å². The van der Waals surface area contributed by atoms with Gasteiger partial charge in [-0.3, -0.25) is 4.79 Å². The fraction of sp³-hybridized carbons (Fsp3) is 0.278. The molecule has 0 aliphatic carbocycles. The standard InChI is InChI=1S/C18H22N2O/c1-13-7-5-6-8-16(13)17(21)19-14-9-11-15(12-10-14)20-18(2,3)4/h5-12,20H,1-4H3,(H,19,21). The largest absolute Gasteiger partial charge is 0.380 e. The lowest BCUT2D eigenvalue weighted by atomic mass is 10.1. The van der Waals surface area contributed by atoms with Crippen molar-refractivity contribution < 1.29 is 4.79 Å². The Morgan fingerprint density at radius 2 is 1.48 bits per heavy atom. The predicted molar refractivity (Wildman–Crippen MR) is 88.9 cm³/mol. The molecule has 0 fully saturated rings. The van der Waals surface area contributed by atoms with Crippen LogP contribution in [0.25, 0.3) is 0 Å². The number of carbonyl (C=O) groups is 1. The van der Waals surface area contributed by atoms with Crippen LogP contribution in [0.15, 0.2) is 48.5 Å². The van der Waals surface area contributed by atoms with Crippen molar-refractivity contribution in [3.63, 3.8) is 0 Å². The number of aryl methyl sites for hydroxylation is 1. The Bertz CT molecular complexity index is 624. The average molecular weight is 282 g/mol. The van der Waals surface area contributed by atoms with Crippen LogP contribution in [0.4, 0.5) is 11.4 Å². The highest BCUT2D eigenvalue weighted by Gasteiger charge is 2.10. The zero-order valence-electron chi connectivity index (χ0n) is 13.0. The molecule has 2 rings (SSSR count). The van der Waals surface area contributed by atoms with Gasteiger partial charge in [-0.25, -0.2) is 0 Å². The van der Waals surface area contributed by atoms with Gasteiger partial charge in [-0.1, -0.05) is 18.2 Å². The Kier molecular flexibility index (Phi) is 4.32. The number of hydrogen-bond donors (Lipinski definition) is 2. The topological polar surface area (TPSA) is 41.1 Å². The molecule has 2 aromatic carbocycles. The number of benzene rings is 2. The van der Waals surface area contributed by atoms with E-state index in [9.17, 15) is 4.79 Å². The molecule has 2 aromatic rings. The second kappa shape index (κ2) is 6.00. The Morgan fingerprint density at radius 1 is 0.905 bits per heavy atom. The molecule has 21 heavy (non-hydrogen) atoms. The van der Waals surface area contributed by atoms with Gasteiger partial charge in [0.1, 0.15) is 0 Å². The van der Waals surface area contributed by atoms with Crippen LogP contribution in [0.3, 0.4) is 0 Å². The van der Waals surface area contributed by atoms with Gasteiger partial charge in [-0.15, -0.1) is 0 Å². The fourth-order valence-corrected chi connectivity index (χ4v) is 2.10. The molecule has 1 amide bonds. The first kappa shape index (κ1) is 15.1. The normalized spacial score (nSPS) is 11.0. The quantitative estimate of drug-likeness (QED) is 0.872. The molecule has 0 saturated carbocycles. The van der Waals surface area contributed by atoms with Crippen molar-refractivity contribution in [2.45, 2.75) is 33.2 Å². The molecule has 2 N–H and O–H groups in total. The van der Waals surface area contributed by atoms with Crippen molar-refractivity contribution in [3.05, 3.63) is 59.7 Å². The van der Waals surface area contributed by atoms with Gasteiger partial charge in [0.2, 0.25) is 0 Å². The molecule has 0 aromatic heterocycles. The molecular weight excluding hydrogens is 260 g/mol. The van der Waals surface area contributed by atoms with E-state index in [-0.39, 0.29) is 11.4 Å². The van der Waals surface area contributed by atoms with Crippen molar-refractivity contribution >= 4 is 17.3 Å². The first-order chi connectivity index (χ1) is 9.85. The third-order valence-electron chi connectivity index (χ3n) is 3.05. The Morgan fingerprint density at radius 3 is 2.05 bits per heavy atom. The van der Waals surface area contributed by atoms with Gasteiger partial charge in [-0.05, 0) is 63.6 Å². The molecule has 0 heterocycles. The zero-order chi connectivity index (χ0) is 15.5. The Balaban J connectivity index is 2.07. The highest BCUT2D eigenvalue weighted by molar-refractivity contribution is 6.05. The molecule has 0 unspecified atom stereocenters. The highest BCUT2D eigenvalue weighted by Crippen LogP contribution is 2.18. The number of amides is 1. The van der Waals surface area contributed by atoms with Crippen LogP contribution >= 0.6 is 0 Å². The maximum atomic E-state index is 12.2. The van der Waals surface area contributed by atoms with Crippen LogP contribution in [0.2, 0.25) is 0 Å². The molecule has 3 nitrogen and oxygen atoms in total. The second-order valence-corrected chi connectivity index (χ2v) is 6.22. The SMILES string of the molecule is Cc1ccccc1C(=O)Nc1ccc(NC(C)(C)C)cc1. The molecule has 0 aliphatic heterocycles. The number of carbonyl (C=O) groups excluding carboxylic acids is 1. The molecule has 0 aliphatic rings. The second-order valence-electron chi connectivity index (χ2n) is 6.22. The molecule has 0 saturated heterocycles. The van der Waals surface area contributed by atoms with Gasteiger partial charge >= 0.3 is 0 Å². The fourth-order valence-electron chi connectivity index (χ4n) is 2.10. The van der Waals surface area contributed by atoms with Gasteiger partial charge in [0, 0.05) is 22.5 Å². The summed E-state index contributed by atoms with van der Waals surface area (Å²) in [5.74, 6) is -0.0790. The van der Waals surface area contributed by atoms with E-state index in [1.165, 1.54) is 0 Å². The minimum absolute atomic E-state index is 0.0198. The molecule has 0 atom stereocenters. The number of nitrogens with one attached hydrogen (secondary N) is 2. The summed E-state index contributed by atoms with van der Waals surface area (Å²) in [7, 11) is 0.